The summed E-state index contributed by atoms with van der Waals surface area (Å²) in [6.45, 7) is -1.63. The van der Waals surface area contributed by atoms with E-state index in [4.69, 9.17) is 43.1 Å². The van der Waals surface area contributed by atoms with Gasteiger partial charge in [0, 0.05) is 24.3 Å². The van der Waals surface area contributed by atoms with E-state index in [1.807, 2.05) is 0 Å². The van der Waals surface area contributed by atoms with Crippen LogP contribution in [0.4, 0.5) is 0 Å². The topological polar surface area (TPSA) is 378 Å². The Balaban J connectivity index is 1.53. The summed E-state index contributed by atoms with van der Waals surface area (Å²) in [5.41, 5.74) is -0.503. The first-order chi connectivity index (χ1) is 26.3. The van der Waals surface area contributed by atoms with Crippen molar-refractivity contribution in [2.75, 3.05) is 13.2 Å². The number of carboxylic acid groups (broad SMARTS) is 2. The number of ether oxygens (including phenoxy) is 6. The second kappa shape index (κ2) is 16.9. The van der Waals surface area contributed by atoms with Gasteiger partial charge in [0.1, 0.15) is 91.8 Å². The van der Waals surface area contributed by atoms with Crippen molar-refractivity contribution in [2.24, 2.45) is 0 Å². The zero-order valence-electron chi connectivity index (χ0n) is 28.3. The van der Waals surface area contributed by atoms with Crippen molar-refractivity contribution in [2.45, 2.75) is 74.3 Å². The number of phenolic OH excluding ortho intramolecular Hbond substituents is 4. The second-order valence-corrected chi connectivity index (χ2v) is 12.4. The molecule has 2 saturated heterocycles. The molecule has 0 radical (unpaired) electrons. The van der Waals surface area contributed by atoms with Crippen LogP contribution in [0.15, 0.2) is 34.7 Å². The minimum absolute atomic E-state index is 0.167. The minimum Gasteiger partial charge on any atom is -0.507 e. The van der Waals surface area contributed by atoms with Crippen molar-refractivity contribution in [1.82, 2.24) is 0 Å². The van der Waals surface area contributed by atoms with Crippen molar-refractivity contribution in [3.05, 3.63) is 30.3 Å². The molecule has 23 nitrogen and oxygen atoms in total. The molecular formula is C33H35O23+. The second-order valence-electron chi connectivity index (χ2n) is 12.4. The van der Waals surface area contributed by atoms with Gasteiger partial charge in [-0.2, -0.15) is 0 Å². The van der Waals surface area contributed by atoms with Crippen LogP contribution in [0.1, 0.15) is 12.8 Å². The van der Waals surface area contributed by atoms with Crippen molar-refractivity contribution in [3.63, 3.8) is 0 Å². The molecule has 0 saturated carbocycles. The predicted molar refractivity (Wildman–Crippen MR) is 174 cm³/mol. The standard InChI is InChI=1S/C33H34O23/c34-11-3-15-12(16(4-11)53-32-29(48)27(46)25(44)18(55-32)8-50-22(41)6-20(37)38)5-17(31(52-15)10-1-13(35)24(43)14(36)2-10)54-33-30(49)28(47)26(45)19(56-33)9-51-23(42)7-21(39)40/h1-5,18-19,25-30,32-33,44-49H,6-9H2,(H5-,34,35,36,37,38,39,40,43)/p+1. The Labute approximate surface area is 311 Å². The zero-order chi connectivity index (χ0) is 41.2. The number of esters is 2. The molecule has 3 aromatic rings. The lowest BCUT2D eigenvalue weighted by Gasteiger charge is -2.40. The molecule has 0 aliphatic carbocycles. The number of aliphatic hydroxyl groups is 6. The van der Waals surface area contributed by atoms with Crippen molar-refractivity contribution < 1.29 is 113 Å². The maximum atomic E-state index is 11.8. The highest BCUT2D eigenvalue weighted by atomic mass is 16.7. The first kappa shape index (κ1) is 41.4. The summed E-state index contributed by atoms with van der Waals surface area (Å²) in [5, 5.41) is 122. The van der Waals surface area contributed by atoms with E-state index in [9.17, 15) is 70.2 Å². The Morgan fingerprint density at radius 3 is 1.54 bits per heavy atom. The van der Waals surface area contributed by atoms with E-state index in [2.05, 4.69) is 0 Å². The fourth-order valence-corrected chi connectivity index (χ4v) is 5.54. The number of rotatable bonds is 13. The Bertz CT molecular complexity index is 1940. The van der Waals surface area contributed by atoms with Crippen LogP contribution in [0.3, 0.4) is 0 Å². The van der Waals surface area contributed by atoms with Gasteiger partial charge in [0.2, 0.25) is 18.3 Å². The summed E-state index contributed by atoms with van der Waals surface area (Å²) < 4.78 is 38.2. The fourth-order valence-electron chi connectivity index (χ4n) is 5.54. The SMILES string of the molecule is O=C(O)CC(=O)OCC1OC(Oc2cc3c(OC4OC(COC(=O)CC(=O)O)C(O)C(O)C4O)cc(O)cc3[o+]c2-c2cc(O)c(O)c(O)c2)C(O)C(O)C1O. The number of hydrogen-bond acceptors (Lipinski definition) is 20. The molecule has 0 amide bonds. The Morgan fingerprint density at radius 1 is 0.607 bits per heavy atom. The van der Waals surface area contributed by atoms with Crippen LogP contribution in [0, 0.1) is 0 Å². The van der Waals surface area contributed by atoms with E-state index in [1.165, 1.54) is 0 Å². The summed E-state index contributed by atoms with van der Waals surface area (Å²) in [6.07, 6.45) is -21.0. The largest absolute Gasteiger partial charge is 0.507 e. The van der Waals surface area contributed by atoms with Crippen LogP contribution in [0.25, 0.3) is 22.3 Å². The third-order valence-electron chi connectivity index (χ3n) is 8.36. The minimum atomic E-state index is -2.06. The van der Waals surface area contributed by atoms with Crippen molar-refractivity contribution >= 4 is 34.8 Å². The highest BCUT2D eigenvalue weighted by Crippen LogP contribution is 2.45. The molecule has 10 atom stereocenters. The van der Waals surface area contributed by atoms with Crippen LogP contribution in [0.5, 0.6) is 34.5 Å². The highest BCUT2D eigenvalue weighted by Gasteiger charge is 2.48. The van der Waals surface area contributed by atoms with Crippen LogP contribution in [-0.2, 0) is 38.1 Å². The molecule has 1 aromatic heterocycles. The molecule has 56 heavy (non-hydrogen) atoms. The lowest BCUT2D eigenvalue weighted by atomic mass is 9.99. The number of carboxylic acids is 2. The summed E-state index contributed by atoms with van der Waals surface area (Å²) >= 11 is 0. The number of hydrogen-bond donors (Lipinski definition) is 12. The van der Waals surface area contributed by atoms with Gasteiger partial charge in [0.05, 0.1) is 11.6 Å². The number of benzene rings is 2. The number of aliphatic hydroxyl groups excluding tert-OH is 6. The highest BCUT2D eigenvalue weighted by molar-refractivity contribution is 5.91. The summed E-state index contributed by atoms with van der Waals surface area (Å²) in [6, 6.07) is 4.88. The Kier molecular flexibility index (Phi) is 12.5. The predicted octanol–water partition coefficient (Wildman–Crippen LogP) is -2.39. The lowest BCUT2D eigenvalue weighted by molar-refractivity contribution is -0.278. The maximum absolute atomic E-state index is 11.8. The van der Waals surface area contributed by atoms with Gasteiger partial charge in [-0.05, 0) is 0 Å². The molecule has 23 heteroatoms. The van der Waals surface area contributed by atoms with Gasteiger partial charge in [-0.1, -0.05) is 0 Å². The van der Waals surface area contributed by atoms with Gasteiger partial charge in [0.25, 0.3) is 0 Å². The Hall–Kier alpha value is -5.79. The molecule has 2 aromatic carbocycles. The van der Waals surface area contributed by atoms with Crippen LogP contribution in [-0.4, -0.2) is 160 Å². The van der Waals surface area contributed by atoms with E-state index in [0.717, 1.165) is 30.3 Å². The molecule has 2 fully saturated rings. The van der Waals surface area contributed by atoms with Crippen LogP contribution in [0.2, 0.25) is 0 Å². The third kappa shape index (κ3) is 9.18. The number of carbonyl (C=O) groups excluding carboxylic acids is 2. The molecule has 12 N–H and O–H groups in total. The van der Waals surface area contributed by atoms with Crippen molar-refractivity contribution in [3.8, 4) is 45.8 Å². The summed E-state index contributed by atoms with van der Waals surface area (Å²) in [4.78, 5) is 45.2. The first-order valence-corrected chi connectivity index (χ1v) is 16.2. The van der Waals surface area contributed by atoms with Gasteiger partial charge in [-0.3, -0.25) is 19.2 Å². The van der Waals surface area contributed by atoms with Crippen LogP contribution >= 0.6 is 0 Å². The molecule has 2 aliphatic heterocycles. The third-order valence-corrected chi connectivity index (χ3v) is 8.36. The molecule has 5 rings (SSSR count). The van der Waals surface area contributed by atoms with Gasteiger partial charge < -0.3 is 89.7 Å². The van der Waals surface area contributed by atoms with E-state index in [1.54, 1.807) is 0 Å². The monoisotopic (exact) mass is 799 g/mol. The number of fused-ring (bicyclic) bond motifs is 1. The van der Waals surface area contributed by atoms with E-state index in [-0.39, 0.29) is 16.5 Å². The number of carbonyl (C=O) groups is 4. The molecular weight excluding hydrogens is 764 g/mol. The molecule has 0 spiro atoms. The van der Waals surface area contributed by atoms with Gasteiger partial charge in [-0.15, -0.1) is 0 Å². The van der Waals surface area contributed by atoms with Crippen LogP contribution < -0.4 is 9.47 Å². The maximum Gasteiger partial charge on any atom is 0.402 e. The molecule has 0 bridgehead atoms. The van der Waals surface area contributed by atoms with Gasteiger partial charge in [-0.25, -0.2) is 4.42 Å². The summed E-state index contributed by atoms with van der Waals surface area (Å²) in [5.74, 6) is -10.0. The Morgan fingerprint density at radius 2 is 1.07 bits per heavy atom. The lowest BCUT2D eigenvalue weighted by Crippen LogP contribution is -2.60. The quantitative estimate of drug-likeness (QED) is 0.0371. The molecule has 2 aliphatic rings. The normalized spacial score (nSPS) is 27.6. The number of aromatic hydroxyl groups is 4. The van der Waals surface area contributed by atoms with E-state index in [0.29, 0.717) is 0 Å². The van der Waals surface area contributed by atoms with Gasteiger partial charge >= 0.3 is 35.2 Å². The summed E-state index contributed by atoms with van der Waals surface area (Å²) in [7, 11) is 0. The smallest absolute Gasteiger partial charge is 0.402 e. The number of aliphatic carboxylic acids is 2. The van der Waals surface area contributed by atoms with E-state index >= 15 is 0 Å². The average molecular weight is 800 g/mol. The zero-order valence-corrected chi connectivity index (χ0v) is 28.3. The number of phenols is 4. The van der Waals surface area contributed by atoms with Crippen molar-refractivity contribution in [1.29, 1.82) is 0 Å². The molecule has 3 heterocycles. The molecule has 10 unspecified atom stereocenters. The first-order valence-electron chi connectivity index (χ1n) is 16.2. The average Bonchev–Trinajstić information content (AvgIpc) is 3.12. The van der Waals surface area contributed by atoms with E-state index < -0.39 is 152 Å². The van der Waals surface area contributed by atoms with Gasteiger partial charge in [0.15, 0.2) is 17.2 Å². The molecule has 304 valence electrons. The fraction of sp³-hybridized carbons (Fsp3) is 0.424.